The van der Waals surface area contributed by atoms with Gasteiger partial charge in [0.25, 0.3) is 0 Å². The number of nitrogens with one attached hydrogen (secondary N) is 1. The van der Waals surface area contributed by atoms with Gasteiger partial charge in [-0.25, -0.2) is 9.55 Å². The summed E-state index contributed by atoms with van der Waals surface area (Å²) in [5.74, 6) is 0.472. The van der Waals surface area contributed by atoms with Crippen molar-refractivity contribution in [2.24, 2.45) is 0 Å². The summed E-state index contributed by atoms with van der Waals surface area (Å²) in [6.07, 6.45) is 0.568. The Morgan fingerprint density at radius 3 is 2.69 bits per heavy atom. The highest BCUT2D eigenvalue weighted by Crippen LogP contribution is 2.39. The molecule has 12 nitrogen and oxygen atoms in total. The van der Waals surface area contributed by atoms with Crippen LogP contribution in [-0.4, -0.2) is 70.5 Å². The van der Waals surface area contributed by atoms with Gasteiger partial charge in [0.2, 0.25) is 5.28 Å². The van der Waals surface area contributed by atoms with Gasteiger partial charge in [0.15, 0.2) is 23.2 Å². The fourth-order valence-corrected chi connectivity index (χ4v) is 4.21. The Morgan fingerprint density at radius 2 is 2.00 bits per heavy atom. The molecule has 4 atom stereocenters. The first-order chi connectivity index (χ1) is 13.7. The van der Waals surface area contributed by atoms with E-state index >= 15 is 0 Å². The minimum atomic E-state index is -4.75. The third kappa shape index (κ3) is 4.39. The van der Waals surface area contributed by atoms with Crippen LogP contribution >= 0.6 is 19.4 Å². The van der Waals surface area contributed by atoms with Gasteiger partial charge in [0.1, 0.15) is 18.3 Å². The van der Waals surface area contributed by atoms with Crippen LogP contribution in [-0.2, 0) is 13.8 Å². The van der Waals surface area contributed by atoms with Gasteiger partial charge < -0.3 is 30.1 Å². The number of hydrogen-bond acceptors (Lipinski definition) is 9. The van der Waals surface area contributed by atoms with Crippen molar-refractivity contribution >= 4 is 36.4 Å². The highest BCUT2D eigenvalue weighted by Gasteiger charge is 2.45. The first-order valence-corrected chi connectivity index (χ1v) is 11.0. The van der Waals surface area contributed by atoms with Gasteiger partial charge in [-0.15, -0.1) is 0 Å². The van der Waals surface area contributed by atoms with Crippen LogP contribution in [0.5, 0.6) is 0 Å². The van der Waals surface area contributed by atoms with Gasteiger partial charge >= 0.3 is 7.82 Å². The predicted molar refractivity (Wildman–Crippen MR) is 100 cm³/mol. The Balaban J connectivity index is 1.60. The lowest BCUT2D eigenvalue weighted by atomic mass is 10.1. The van der Waals surface area contributed by atoms with E-state index in [-0.39, 0.29) is 11.3 Å². The van der Waals surface area contributed by atoms with E-state index < -0.39 is 39.0 Å². The van der Waals surface area contributed by atoms with Gasteiger partial charge in [-0.2, -0.15) is 9.97 Å². The van der Waals surface area contributed by atoms with E-state index in [1.165, 1.54) is 10.9 Å². The fourth-order valence-electron chi connectivity index (χ4n) is 3.71. The molecular formula is C15H21ClN5O7P. The standard InChI is InChI=1S/C15H21ClN5O7P/c16-15-19-12(18-7-3-1-2-4-7)9-13(20-15)21(6-17-9)14-11(23)10(22)8(28-14)5-27-29(24,25)26/h6-8,10-11,14,22-23H,1-5H2,(H,18,19,20)(H2,24,25,26)/t8-,10-,11-,14-/m1/s1. The lowest BCUT2D eigenvalue weighted by Gasteiger charge is -2.17. The summed E-state index contributed by atoms with van der Waals surface area (Å²) >= 11 is 6.08. The van der Waals surface area contributed by atoms with E-state index in [0.717, 1.165) is 25.7 Å². The first-order valence-electron chi connectivity index (χ1n) is 9.11. The number of fused-ring (bicyclic) bond motifs is 1. The molecule has 4 rings (SSSR count). The summed E-state index contributed by atoms with van der Waals surface area (Å²) < 4.78 is 22.3. The van der Waals surface area contributed by atoms with Crippen molar-refractivity contribution in [3.63, 3.8) is 0 Å². The maximum atomic E-state index is 10.9. The van der Waals surface area contributed by atoms with Crippen molar-refractivity contribution in [1.82, 2.24) is 19.5 Å². The van der Waals surface area contributed by atoms with Gasteiger partial charge in [0, 0.05) is 6.04 Å². The Bertz CT molecular complexity index is 933. The molecule has 0 amide bonds. The molecule has 0 radical (unpaired) electrons. The number of halogens is 1. The third-order valence-electron chi connectivity index (χ3n) is 5.11. The summed E-state index contributed by atoms with van der Waals surface area (Å²) in [6, 6.07) is 0.263. The molecule has 3 heterocycles. The molecule has 0 aromatic carbocycles. The van der Waals surface area contributed by atoms with Gasteiger partial charge in [-0.1, -0.05) is 12.8 Å². The van der Waals surface area contributed by atoms with E-state index in [9.17, 15) is 14.8 Å². The van der Waals surface area contributed by atoms with E-state index in [2.05, 4.69) is 24.8 Å². The summed E-state index contributed by atoms with van der Waals surface area (Å²) in [7, 11) is -4.75. The van der Waals surface area contributed by atoms with Crippen LogP contribution in [0.2, 0.25) is 5.28 Å². The predicted octanol–water partition coefficient (Wildman–Crippen LogP) is 0.563. The van der Waals surface area contributed by atoms with Crippen LogP contribution < -0.4 is 5.32 Å². The molecule has 14 heteroatoms. The fraction of sp³-hybridized carbons (Fsp3) is 0.667. The molecule has 1 aliphatic heterocycles. The van der Waals surface area contributed by atoms with E-state index in [0.29, 0.717) is 17.0 Å². The topological polar surface area (TPSA) is 172 Å². The highest BCUT2D eigenvalue weighted by molar-refractivity contribution is 7.46. The van der Waals surface area contributed by atoms with Gasteiger partial charge in [-0.05, 0) is 24.4 Å². The molecule has 160 valence electrons. The van der Waals surface area contributed by atoms with Gasteiger partial charge in [-0.3, -0.25) is 9.09 Å². The molecule has 5 N–H and O–H groups in total. The zero-order chi connectivity index (χ0) is 20.8. The zero-order valence-electron chi connectivity index (χ0n) is 15.1. The number of rotatable bonds is 6. The molecule has 2 aliphatic rings. The normalized spacial score (nSPS) is 28.4. The van der Waals surface area contributed by atoms with Crippen LogP contribution in [0.4, 0.5) is 5.82 Å². The lowest BCUT2D eigenvalue weighted by molar-refractivity contribution is -0.0504. The molecular weight excluding hydrogens is 429 g/mol. The summed E-state index contributed by atoms with van der Waals surface area (Å²) in [4.78, 5) is 30.4. The number of phosphoric ester groups is 1. The van der Waals surface area contributed by atoms with Crippen LogP contribution in [0.25, 0.3) is 11.2 Å². The number of aliphatic hydroxyl groups excluding tert-OH is 2. The molecule has 1 saturated carbocycles. The Kier molecular flexibility index (Phi) is 5.79. The quantitative estimate of drug-likeness (QED) is 0.308. The molecule has 2 aromatic rings. The average molecular weight is 450 g/mol. The minimum absolute atomic E-state index is 0.0193. The number of nitrogens with zero attached hydrogens (tertiary/aromatic N) is 4. The number of ether oxygens (including phenoxy) is 1. The van der Waals surface area contributed by atoms with Crippen molar-refractivity contribution in [1.29, 1.82) is 0 Å². The molecule has 0 spiro atoms. The molecule has 0 unspecified atom stereocenters. The molecule has 2 fully saturated rings. The van der Waals surface area contributed by atoms with E-state index in [1.807, 2.05) is 0 Å². The monoisotopic (exact) mass is 449 g/mol. The zero-order valence-corrected chi connectivity index (χ0v) is 16.8. The number of phosphoric acid groups is 1. The largest absolute Gasteiger partial charge is 0.469 e. The average Bonchev–Trinajstić information content (AvgIpc) is 3.35. The number of aromatic nitrogens is 4. The SMILES string of the molecule is O=P(O)(O)OC[C@H]1O[C@@H](n2cnc3c(NC4CCCC4)nc(Cl)nc32)[C@H](O)[C@@H]1O. The molecule has 0 bridgehead atoms. The molecule has 29 heavy (non-hydrogen) atoms. The maximum absolute atomic E-state index is 10.9. The third-order valence-corrected chi connectivity index (χ3v) is 5.76. The molecule has 2 aromatic heterocycles. The Labute approximate surface area is 170 Å². The van der Waals surface area contributed by atoms with E-state index in [1.54, 1.807) is 0 Å². The second-order valence-corrected chi connectivity index (χ2v) is 8.70. The van der Waals surface area contributed by atoms with Crippen molar-refractivity contribution in [3.8, 4) is 0 Å². The van der Waals surface area contributed by atoms with Crippen LogP contribution in [0.15, 0.2) is 6.33 Å². The smallest absolute Gasteiger partial charge is 0.387 e. The minimum Gasteiger partial charge on any atom is -0.387 e. The van der Waals surface area contributed by atoms with Crippen LogP contribution in [0, 0.1) is 0 Å². The van der Waals surface area contributed by atoms with Crippen molar-refractivity contribution in [2.45, 2.75) is 56.3 Å². The van der Waals surface area contributed by atoms with Crippen molar-refractivity contribution in [2.75, 3.05) is 11.9 Å². The molecule has 1 aliphatic carbocycles. The summed E-state index contributed by atoms with van der Waals surface area (Å²) in [5.41, 5.74) is 0.722. The molecule has 1 saturated heterocycles. The Morgan fingerprint density at radius 1 is 1.28 bits per heavy atom. The maximum Gasteiger partial charge on any atom is 0.469 e. The second kappa shape index (κ2) is 8.05. The number of anilines is 1. The summed E-state index contributed by atoms with van der Waals surface area (Å²) in [6.45, 7) is -0.601. The number of imidazole rings is 1. The summed E-state index contributed by atoms with van der Waals surface area (Å²) in [5, 5.41) is 23.9. The number of aliphatic hydroxyl groups is 2. The van der Waals surface area contributed by atoms with Crippen molar-refractivity contribution in [3.05, 3.63) is 11.6 Å². The van der Waals surface area contributed by atoms with Crippen molar-refractivity contribution < 1.29 is 33.8 Å². The highest BCUT2D eigenvalue weighted by atomic mass is 35.5. The first kappa shape index (κ1) is 20.9. The second-order valence-electron chi connectivity index (χ2n) is 7.12. The Hall–Kier alpha value is -1.37. The van der Waals surface area contributed by atoms with Gasteiger partial charge in [0.05, 0.1) is 12.9 Å². The van der Waals surface area contributed by atoms with Crippen LogP contribution in [0.1, 0.15) is 31.9 Å². The lowest BCUT2D eigenvalue weighted by Crippen LogP contribution is -2.33. The van der Waals surface area contributed by atoms with Crippen LogP contribution in [0.3, 0.4) is 0 Å². The van der Waals surface area contributed by atoms with E-state index in [4.69, 9.17) is 26.1 Å². The number of hydrogen-bond donors (Lipinski definition) is 5.